The fourth-order valence-corrected chi connectivity index (χ4v) is 0.938. The summed E-state index contributed by atoms with van der Waals surface area (Å²) >= 11 is 0. The van der Waals surface area contributed by atoms with Crippen LogP contribution < -0.4 is 5.32 Å². The summed E-state index contributed by atoms with van der Waals surface area (Å²) in [6.07, 6.45) is 11.3. The van der Waals surface area contributed by atoms with E-state index in [-0.39, 0.29) is 26.6 Å². The van der Waals surface area contributed by atoms with Gasteiger partial charge in [0.1, 0.15) is 0 Å². The van der Waals surface area contributed by atoms with E-state index in [2.05, 4.69) is 54.9 Å². The number of hydrogen-bond donors (Lipinski definition) is 1. The van der Waals surface area contributed by atoms with Crippen LogP contribution in [0, 0.1) is 6.08 Å². The first-order valence-corrected chi connectivity index (χ1v) is 6.08. The number of nitrogens with zero attached hydrogens (tertiary/aromatic N) is 2. The molecule has 0 spiro atoms. The molecule has 4 heteroatoms. The molecule has 0 aromatic rings. The first-order chi connectivity index (χ1) is 8.41. The molecule has 1 N–H and O–H groups in total. The van der Waals surface area contributed by atoms with Gasteiger partial charge in [0.25, 0.3) is 0 Å². The fraction of sp³-hybridized carbons (Fsp3) is 0.600. The van der Waals surface area contributed by atoms with E-state index in [1.54, 1.807) is 28.2 Å². The molecular formula is C15H28MoN3. The Balaban J connectivity index is -0.000000314. The zero-order valence-electron chi connectivity index (χ0n) is 13.3. The Hall–Kier alpha value is -0.212. The average Bonchev–Trinajstić information content (AvgIpc) is 2.71. The number of nitrogens with one attached hydrogen (secondary N) is 1. The molecule has 0 unspecified atom stereocenters. The molecule has 1 radical (unpaired) electrons. The zero-order valence-corrected chi connectivity index (χ0v) is 15.3. The van der Waals surface area contributed by atoms with Gasteiger partial charge in [0.2, 0.25) is 0 Å². The molecule has 19 heavy (non-hydrogen) atoms. The Bertz CT molecular complexity index is 247. The maximum atomic E-state index is 3.50. The average molecular weight is 346 g/mol. The van der Waals surface area contributed by atoms with E-state index in [4.69, 9.17) is 0 Å². The maximum Gasteiger partial charge on any atom is 3.00 e. The Morgan fingerprint density at radius 2 is 1.63 bits per heavy atom. The quantitative estimate of drug-likeness (QED) is 0.604. The van der Waals surface area contributed by atoms with Crippen molar-refractivity contribution in [1.82, 2.24) is 5.32 Å². The molecule has 0 saturated heterocycles. The van der Waals surface area contributed by atoms with Crippen molar-refractivity contribution in [2.24, 2.45) is 0 Å². The molecule has 0 atom stereocenters. The van der Waals surface area contributed by atoms with E-state index in [0.717, 1.165) is 6.54 Å². The molecule has 0 bridgehead atoms. The van der Waals surface area contributed by atoms with E-state index < -0.39 is 0 Å². The minimum Gasteiger partial charge on any atom is -0.668 e. The predicted octanol–water partition coefficient (Wildman–Crippen LogP) is 3.47. The van der Waals surface area contributed by atoms with Gasteiger partial charge in [-0.2, -0.15) is 52.0 Å². The first kappa shape index (κ1) is 23.8. The summed E-state index contributed by atoms with van der Waals surface area (Å²) in [6, 6.07) is 0. The molecule has 1 aliphatic rings. The molecule has 0 saturated carbocycles. The van der Waals surface area contributed by atoms with Crippen LogP contribution in [-0.2, 0) is 21.1 Å². The van der Waals surface area contributed by atoms with E-state index >= 15 is 0 Å². The van der Waals surface area contributed by atoms with E-state index in [9.17, 15) is 0 Å². The third-order valence-electron chi connectivity index (χ3n) is 1.58. The molecule has 0 fully saturated rings. The molecule has 0 heterocycles. The summed E-state index contributed by atoms with van der Waals surface area (Å²) in [5.74, 6) is 0. The van der Waals surface area contributed by atoms with Crippen LogP contribution in [0.4, 0.5) is 0 Å². The van der Waals surface area contributed by atoms with Gasteiger partial charge >= 0.3 is 21.1 Å². The van der Waals surface area contributed by atoms with E-state index in [1.807, 2.05) is 12.2 Å². The normalized spacial score (nSPS) is 14.2. The van der Waals surface area contributed by atoms with Crippen LogP contribution in [0.15, 0.2) is 29.9 Å². The number of hydrogen-bond acceptors (Lipinski definition) is 1. The van der Waals surface area contributed by atoms with Crippen molar-refractivity contribution in [3.63, 3.8) is 0 Å². The van der Waals surface area contributed by atoms with Crippen LogP contribution >= 0.6 is 0 Å². The van der Waals surface area contributed by atoms with Gasteiger partial charge in [-0.1, -0.05) is 0 Å². The van der Waals surface area contributed by atoms with Gasteiger partial charge in [0.05, 0.1) is 0 Å². The maximum absolute atomic E-state index is 3.50. The smallest absolute Gasteiger partial charge is 0.668 e. The van der Waals surface area contributed by atoms with Crippen molar-refractivity contribution in [2.75, 3.05) is 34.7 Å². The van der Waals surface area contributed by atoms with Gasteiger partial charge < -0.3 is 16.0 Å². The van der Waals surface area contributed by atoms with Crippen molar-refractivity contribution >= 4 is 0 Å². The monoisotopic (exact) mass is 348 g/mol. The third kappa shape index (κ3) is 23.3. The fourth-order valence-electron chi connectivity index (χ4n) is 0.938. The molecule has 0 aromatic heterocycles. The van der Waals surface area contributed by atoms with Crippen LogP contribution in [0.2, 0.25) is 0 Å². The third-order valence-corrected chi connectivity index (χ3v) is 1.58. The van der Waals surface area contributed by atoms with Crippen molar-refractivity contribution < 1.29 is 21.1 Å². The van der Waals surface area contributed by atoms with Crippen LogP contribution in [0.25, 0.3) is 10.6 Å². The van der Waals surface area contributed by atoms with Crippen LogP contribution in [0.3, 0.4) is 0 Å². The molecule has 3 nitrogen and oxygen atoms in total. The number of allylic oxidation sites excluding steroid dienone is 5. The molecule has 1 rings (SSSR count). The van der Waals surface area contributed by atoms with Crippen LogP contribution in [-0.4, -0.2) is 40.3 Å². The second-order valence-electron chi connectivity index (χ2n) is 4.85. The summed E-state index contributed by atoms with van der Waals surface area (Å²) < 4.78 is 0. The van der Waals surface area contributed by atoms with Gasteiger partial charge in [0.15, 0.2) is 0 Å². The topological polar surface area (TPSA) is 40.2 Å². The number of rotatable bonds is 2. The minimum atomic E-state index is 0. The van der Waals surface area contributed by atoms with Crippen molar-refractivity contribution in [1.29, 1.82) is 0 Å². The summed E-state index contributed by atoms with van der Waals surface area (Å²) in [5.41, 5.74) is 1.37. The Labute approximate surface area is 134 Å². The van der Waals surface area contributed by atoms with Crippen molar-refractivity contribution in [3.05, 3.63) is 46.6 Å². The summed E-state index contributed by atoms with van der Waals surface area (Å²) in [4.78, 5) is 0. The SMILES string of the molecule is CC(C)(C)NCC=C1[C-]=CC=C1.C[N-]C.C[N-]C.[Mo+3]. The Morgan fingerprint density at radius 1 is 1.16 bits per heavy atom. The second kappa shape index (κ2) is 15.8. The van der Waals surface area contributed by atoms with Gasteiger partial charge in [-0.15, -0.1) is 12.2 Å². The second-order valence-corrected chi connectivity index (χ2v) is 4.85. The predicted molar refractivity (Wildman–Crippen MR) is 83.2 cm³/mol. The molecule has 0 aromatic carbocycles. The molecule has 0 amide bonds. The van der Waals surface area contributed by atoms with Crippen LogP contribution in [0.1, 0.15) is 20.8 Å². The summed E-state index contributed by atoms with van der Waals surface area (Å²) in [5, 5.41) is 10.4. The Kier molecular flexibility index (Phi) is 19.9. The van der Waals surface area contributed by atoms with Gasteiger partial charge in [-0.3, -0.25) is 0 Å². The van der Waals surface area contributed by atoms with E-state index in [1.165, 1.54) is 5.57 Å². The van der Waals surface area contributed by atoms with Gasteiger partial charge in [0, 0.05) is 5.54 Å². The van der Waals surface area contributed by atoms with Crippen molar-refractivity contribution in [2.45, 2.75) is 26.3 Å². The van der Waals surface area contributed by atoms with Gasteiger partial charge in [-0.25, -0.2) is 0 Å². The first-order valence-electron chi connectivity index (χ1n) is 6.08. The van der Waals surface area contributed by atoms with Gasteiger partial charge in [-0.05, 0) is 27.3 Å². The Morgan fingerprint density at radius 3 is 1.95 bits per heavy atom. The molecule has 1 aliphatic carbocycles. The zero-order chi connectivity index (χ0) is 14.4. The van der Waals surface area contributed by atoms with E-state index in [0.29, 0.717) is 0 Å². The molecular weight excluding hydrogens is 318 g/mol. The molecule has 0 aliphatic heterocycles. The standard InChI is InChI=1S/C11H16N.2C2H6N.Mo/c1-11(2,3)12-9-8-10-6-4-5-7-10;2*1-3-2;/h4-6,8,12H,9H2,1-3H3;2*1-2H3;/q3*-1;+3. The van der Waals surface area contributed by atoms with Crippen LogP contribution in [0.5, 0.6) is 0 Å². The summed E-state index contributed by atoms with van der Waals surface area (Å²) in [7, 11) is 7.00. The minimum absolute atomic E-state index is 0. The van der Waals surface area contributed by atoms with Crippen molar-refractivity contribution in [3.8, 4) is 0 Å². The summed E-state index contributed by atoms with van der Waals surface area (Å²) in [6.45, 7) is 7.39. The molecule has 109 valence electrons. The largest absolute Gasteiger partial charge is 3.00 e.